The number of nitrogens with zero attached hydrogens (tertiary/aromatic N) is 4. The van der Waals surface area contributed by atoms with Crippen molar-refractivity contribution in [2.75, 3.05) is 12.3 Å². The van der Waals surface area contributed by atoms with Crippen molar-refractivity contribution in [1.29, 1.82) is 0 Å². The molecule has 1 fully saturated rings. The van der Waals surface area contributed by atoms with Crippen LogP contribution in [0.1, 0.15) is 74.2 Å². The van der Waals surface area contributed by atoms with Crippen molar-refractivity contribution in [2.24, 2.45) is 13.0 Å². The first-order valence-electron chi connectivity index (χ1n) is 16.4. The van der Waals surface area contributed by atoms with E-state index in [2.05, 4.69) is 57.3 Å². The Morgan fingerprint density at radius 2 is 1.69 bits per heavy atom. The molecule has 4 aromatic rings. The third-order valence-electron chi connectivity index (χ3n) is 8.44. The predicted octanol–water partition coefficient (Wildman–Crippen LogP) is 5.27. The smallest absolute Gasteiger partial charge is 0.220 e. The molecule has 2 heterocycles. The number of amides is 2. The van der Waals surface area contributed by atoms with Gasteiger partial charge in [0.1, 0.15) is 0 Å². The van der Waals surface area contributed by atoms with Crippen LogP contribution in [0.5, 0.6) is 0 Å². The Hall–Kier alpha value is -4.10. The average molecular weight is 673 g/mol. The molecule has 2 amide bonds. The lowest BCUT2D eigenvalue weighted by Crippen LogP contribution is -2.38. The fourth-order valence-corrected chi connectivity index (χ4v) is 6.69. The average Bonchev–Trinajstić information content (AvgIpc) is 3.52. The molecule has 1 aromatic heterocycles. The van der Waals surface area contributed by atoms with Crippen LogP contribution in [-0.2, 0) is 39.3 Å². The SMILES string of the molecule is CC(=O)NCCCCCC(=O)NCc1cccc(-c2cccc([C@H]3O[C@@H](CSc4nnnn4C)[C@@H](C)[C@@H](c4ccc(CO)cc4)O3)c2)c1. The molecule has 0 unspecified atom stereocenters. The van der Waals surface area contributed by atoms with Gasteiger partial charge in [0.2, 0.25) is 17.0 Å². The van der Waals surface area contributed by atoms with Gasteiger partial charge in [-0.05, 0) is 63.2 Å². The Balaban J connectivity index is 1.26. The van der Waals surface area contributed by atoms with Crippen molar-refractivity contribution in [1.82, 2.24) is 30.8 Å². The summed E-state index contributed by atoms with van der Waals surface area (Å²) >= 11 is 1.55. The van der Waals surface area contributed by atoms with Gasteiger partial charge in [-0.15, -0.1) is 5.10 Å². The van der Waals surface area contributed by atoms with E-state index in [0.717, 1.165) is 57.8 Å². The standard InChI is InChI=1S/C36H44N6O5S/c1-24-32(23-48-36-39-40-41-42(36)3)46-35(47-34(24)28-16-14-26(22-43)15-17-28)31-12-8-11-30(20-31)29-10-7-9-27(19-29)21-38-33(45)13-5-4-6-18-37-25(2)44/h7-12,14-17,19-20,24,32,34-35,43H,4-6,13,18,21-23H2,1-3H3,(H,37,44)(H,38,45)/t24-,32+,34+,35+/m1/s1. The van der Waals surface area contributed by atoms with Crippen LogP contribution in [0, 0.1) is 5.92 Å². The Labute approximate surface area is 285 Å². The minimum absolute atomic E-state index is 0.0133. The molecule has 0 bridgehead atoms. The second kappa shape index (κ2) is 17.3. The first kappa shape index (κ1) is 35.2. The summed E-state index contributed by atoms with van der Waals surface area (Å²) in [7, 11) is 1.82. The van der Waals surface area contributed by atoms with E-state index in [9.17, 15) is 14.7 Å². The summed E-state index contributed by atoms with van der Waals surface area (Å²) in [6, 6.07) is 24.2. The third kappa shape index (κ3) is 9.72. The first-order valence-corrected chi connectivity index (χ1v) is 17.4. The van der Waals surface area contributed by atoms with Crippen LogP contribution >= 0.6 is 11.8 Å². The van der Waals surface area contributed by atoms with E-state index < -0.39 is 6.29 Å². The molecular weight excluding hydrogens is 629 g/mol. The van der Waals surface area contributed by atoms with E-state index in [0.29, 0.717) is 25.3 Å². The van der Waals surface area contributed by atoms with Crippen LogP contribution in [0.2, 0.25) is 0 Å². The lowest BCUT2D eigenvalue weighted by Gasteiger charge is -2.41. The summed E-state index contributed by atoms with van der Waals surface area (Å²) in [6.45, 7) is 4.72. The summed E-state index contributed by atoms with van der Waals surface area (Å²) in [4.78, 5) is 23.4. The van der Waals surface area contributed by atoms with E-state index >= 15 is 0 Å². The zero-order valence-electron chi connectivity index (χ0n) is 27.7. The second-order valence-electron chi connectivity index (χ2n) is 12.1. The summed E-state index contributed by atoms with van der Waals surface area (Å²) in [5.41, 5.74) is 5.84. The van der Waals surface area contributed by atoms with Crippen molar-refractivity contribution >= 4 is 23.6 Å². The molecule has 3 N–H and O–H groups in total. The van der Waals surface area contributed by atoms with Crippen molar-refractivity contribution in [3.05, 3.63) is 95.1 Å². The molecule has 4 atom stereocenters. The number of aliphatic hydroxyl groups is 1. The maximum Gasteiger partial charge on any atom is 0.220 e. The van der Waals surface area contributed by atoms with Crippen LogP contribution in [0.25, 0.3) is 11.1 Å². The van der Waals surface area contributed by atoms with Crippen molar-refractivity contribution in [3.63, 3.8) is 0 Å². The zero-order chi connectivity index (χ0) is 33.9. The number of tetrazole rings is 1. The van der Waals surface area contributed by atoms with Gasteiger partial charge >= 0.3 is 0 Å². The number of ether oxygens (including phenoxy) is 2. The number of hydrogen-bond acceptors (Lipinski definition) is 9. The highest BCUT2D eigenvalue weighted by atomic mass is 32.2. The summed E-state index contributed by atoms with van der Waals surface area (Å²) in [5, 5.41) is 27.9. The number of carbonyl (C=O) groups excluding carboxylic acids is 2. The van der Waals surface area contributed by atoms with Crippen molar-refractivity contribution in [3.8, 4) is 11.1 Å². The number of aromatic nitrogens is 4. The molecule has 254 valence electrons. The Morgan fingerprint density at radius 3 is 2.42 bits per heavy atom. The number of rotatable bonds is 15. The Bertz CT molecular complexity index is 1650. The normalized spacial score (nSPS) is 19.2. The maximum absolute atomic E-state index is 12.4. The predicted molar refractivity (Wildman–Crippen MR) is 183 cm³/mol. The molecular formula is C36H44N6O5S. The molecule has 0 aliphatic carbocycles. The summed E-state index contributed by atoms with van der Waals surface area (Å²) < 4.78 is 15.0. The summed E-state index contributed by atoms with van der Waals surface area (Å²) in [6.07, 6.45) is 2.02. The molecule has 5 rings (SSSR count). The molecule has 0 spiro atoms. The van der Waals surface area contributed by atoms with Gasteiger partial charge in [-0.25, -0.2) is 4.68 Å². The van der Waals surface area contributed by atoms with Crippen LogP contribution < -0.4 is 10.6 Å². The third-order valence-corrected chi connectivity index (χ3v) is 9.54. The molecule has 1 aliphatic heterocycles. The van der Waals surface area contributed by atoms with E-state index in [1.165, 1.54) is 6.92 Å². The van der Waals surface area contributed by atoms with Crippen LogP contribution in [0.3, 0.4) is 0 Å². The van der Waals surface area contributed by atoms with Crippen LogP contribution in [0.15, 0.2) is 78.0 Å². The first-order chi connectivity index (χ1) is 23.3. The van der Waals surface area contributed by atoms with Crippen LogP contribution in [-0.4, -0.2) is 55.5 Å². The van der Waals surface area contributed by atoms with E-state index in [-0.39, 0.29) is 36.5 Å². The number of aliphatic hydroxyl groups excluding tert-OH is 1. The zero-order valence-corrected chi connectivity index (χ0v) is 28.5. The number of aryl methyl sites for hydroxylation is 1. The summed E-state index contributed by atoms with van der Waals surface area (Å²) in [5.74, 6) is 0.671. The lowest BCUT2D eigenvalue weighted by atomic mass is 9.91. The largest absolute Gasteiger partial charge is 0.392 e. The van der Waals surface area contributed by atoms with E-state index in [1.807, 2.05) is 55.6 Å². The molecule has 0 saturated carbocycles. The molecule has 1 saturated heterocycles. The Kier molecular flexibility index (Phi) is 12.7. The highest BCUT2D eigenvalue weighted by molar-refractivity contribution is 7.99. The van der Waals surface area contributed by atoms with Gasteiger partial charge in [0.25, 0.3) is 0 Å². The minimum Gasteiger partial charge on any atom is -0.392 e. The highest BCUT2D eigenvalue weighted by Gasteiger charge is 2.38. The highest BCUT2D eigenvalue weighted by Crippen LogP contribution is 2.43. The quantitative estimate of drug-likeness (QED) is 0.114. The second-order valence-corrected chi connectivity index (χ2v) is 13.1. The van der Waals surface area contributed by atoms with Gasteiger partial charge in [0, 0.05) is 50.7 Å². The van der Waals surface area contributed by atoms with Gasteiger partial charge in [0.05, 0.1) is 18.8 Å². The molecule has 12 heteroatoms. The van der Waals surface area contributed by atoms with Gasteiger partial charge in [-0.1, -0.05) is 85.8 Å². The minimum atomic E-state index is -0.604. The monoisotopic (exact) mass is 672 g/mol. The number of benzene rings is 3. The van der Waals surface area contributed by atoms with Crippen molar-refractivity contribution < 1.29 is 24.2 Å². The van der Waals surface area contributed by atoms with Gasteiger partial charge in [-0.3, -0.25) is 9.59 Å². The lowest BCUT2D eigenvalue weighted by molar-refractivity contribution is -0.268. The number of unbranched alkanes of at least 4 members (excludes halogenated alkanes) is 2. The molecule has 3 aromatic carbocycles. The fraction of sp³-hybridized carbons (Fsp3) is 0.417. The fourth-order valence-electron chi connectivity index (χ4n) is 5.68. The molecule has 1 aliphatic rings. The van der Waals surface area contributed by atoms with E-state index in [1.54, 1.807) is 16.4 Å². The van der Waals surface area contributed by atoms with Gasteiger partial charge in [0.15, 0.2) is 6.29 Å². The van der Waals surface area contributed by atoms with Gasteiger partial charge < -0.3 is 25.2 Å². The Morgan fingerprint density at radius 1 is 0.917 bits per heavy atom. The molecule has 0 radical (unpaired) electrons. The maximum atomic E-state index is 12.4. The van der Waals surface area contributed by atoms with Crippen molar-refractivity contribution in [2.45, 2.75) is 76.3 Å². The number of nitrogens with one attached hydrogen (secondary N) is 2. The molecule has 11 nitrogen and oxygen atoms in total. The van der Waals surface area contributed by atoms with E-state index in [4.69, 9.17) is 9.47 Å². The number of thioether (sulfide) groups is 1. The van der Waals surface area contributed by atoms with Crippen LogP contribution in [0.4, 0.5) is 0 Å². The topological polar surface area (TPSA) is 140 Å². The number of hydrogen-bond donors (Lipinski definition) is 3. The number of carbonyl (C=O) groups is 2. The van der Waals surface area contributed by atoms with Gasteiger partial charge in [-0.2, -0.15) is 0 Å². The molecule has 48 heavy (non-hydrogen) atoms.